The lowest BCUT2D eigenvalue weighted by Crippen LogP contribution is -2.24. The van der Waals surface area contributed by atoms with E-state index in [4.69, 9.17) is 9.84 Å². The van der Waals surface area contributed by atoms with Crippen LogP contribution in [0, 0.1) is 13.8 Å². The molecule has 2 aromatic rings. The van der Waals surface area contributed by atoms with Crippen molar-refractivity contribution in [1.82, 2.24) is 9.88 Å². The fraction of sp³-hybridized carbons (Fsp3) is 0.320. The number of amides is 1. The molecule has 1 heterocycles. The molecule has 0 saturated heterocycles. The lowest BCUT2D eigenvalue weighted by molar-refractivity contribution is 0.0951. The number of aryl methyl sites for hydroxylation is 2. The summed E-state index contributed by atoms with van der Waals surface area (Å²) in [6, 6.07) is 5.24. The number of aliphatic hydroxyl groups is 1. The third kappa shape index (κ3) is 4.91. The second kappa shape index (κ2) is 10.2. The van der Waals surface area contributed by atoms with Crippen molar-refractivity contribution in [2.75, 3.05) is 20.3 Å². The Morgan fingerprint density at radius 3 is 2.74 bits per heavy atom. The Kier molecular flexibility index (Phi) is 7.36. The summed E-state index contributed by atoms with van der Waals surface area (Å²) in [5.74, 6) is -0.0650. The number of nitrogens with one attached hydrogen (secondary N) is 1. The standard InChI is InChI=1S/C25H30N2O4/c1-17-14-18(2)27(23(17)19-10-6-4-5-7-11-19)21-15-20(16-22(29)24(21)31-3)25(30)26-12-8-9-13-28/h4,6-7,10-11,14-16,28-29H,5,8-9,12-13H2,1-3H3,(H,26,30). The van der Waals surface area contributed by atoms with Crippen LogP contribution in [0.15, 0.2) is 48.6 Å². The summed E-state index contributed by atoms with van der Waals surface area (Å²) < 4.78 is 7.55. The largest absolute Gasteiger partial charge is 0.504 e. The van der Waals surface area contributed by atoms with Crippen molar-refractivity contribution < 1.29 is 19.7 Å². The van der Waals surface area contributed by atoms with Crippen LogP contribution < -0.4 is 10.1 Å². The number of nitrogens with zero attached hydrogens (tertiary/aromatic N) is 1. The monoisotopic (exact) mass is 422 g/mol. The van der Waals surface area contributed by atoms with Gasteiger partial charge in [0, 0.05) is 24.4 Å². The van der Waals surface area contributed by atoms with Gasteiger partial charge >= 0.3 is 0 Å². The van der Waals surface area contributed by atoms with Crippen LogP contribution in [0.5, 0.6) is 11.5 Å². The molecule has 3 rings (SSSR count). The van der Waals surface area contributed by atoms with E-state index in [0.29, 0.717) is 36.4 Å². The van der Waals surface area contributed by atoms with E-state index < -0.39 is 0 Å². The van der Waals surface area contributed by atoms with Gasteiger partial charge in [-0.1, -0.05) is 30.4 Å². The first-order valence-corrected chi connectivity index (χ1v) is 10.5. The fourth-order valence-electron chi connectivity index (χ4n) is 3.85. The first-order chi connectivity index (χ1) is 15.0. The normalized spacial score (nSPS) is 13.1. The average Bonchev–Trinajstić information content (AvgIpc) is 2.90. The summed E-state index contributed by atoms with van der Waals surface area (Å²) in [6.07, 6.45) is 12.6. The first-order valence-electron chi connectivity index (χ1n) is 10.5. The molecule has 0 saturated carbocycles. The van der Waals surface area contributed by atoms with E-state index in [1.54, 1.807) is 6.07 Å². The van der Waals surface area contributed by atoms with Crippen molar-refractivity contribution in [2.24, 2.45) is 0 Å². The topological polar surface area (TPSA) is 83.7 Å². The summed E-state index contributed by atoms with van der Waals surface area (Å²) in [5.41, 5.74) is 5.03. The van der Waals surface area contributed by atoms with Gasteiger partial charge in [0.2, 0.25) is 0 Å². The molecule has 31 heavy (non-hydrogen) atoms. The number of phenolic OH excluding ortho intramolecular Hbond substituents is 1. The lowest BCUT2D eigenvalue weighted by atomic mass is 10.1. The van der Waals surface area contributed by atoms with E-state index in [0.717, 1.165) is 28.9 Å². The fourth-order valence-corrected chi connectivity index (χ4v) is 3.85. The van der Waals surface area contributed by atoms with Gasteiger partial charge in [0.25, 0.3) is 5.91 Å². The van der Waals surface area contributed by atoms with E-state index in [-0.39, 0.29) is 18.3 Å². The molecule has 0 unspecified atom stereocenters. The number of carbonyl (C=O) groups excluding carboxylic acids is 1. The molecule has 1 amide bonds. The zero-order valence-electron chi connectivity index (χ0n) is 18.3. The molecular formula is C25H30N2O4. The molecule has 1 aliphatic rings. The molecule has 0 aliphatic heterocycles. The molecule has 1 aromatic carbocycles. The predicted octanol–water partition coefficient (Wildman–Crippen LogP) is 4.21. The molecule has 0 atom stereocenters. The lowest BCUT2D eigenvalue weighted by Gasteiger charge is -2.19. The van der Waals surface area contributed by atoms with Crippen molar-refractivity contribution in [1.29, 1.82) is 0 Å². The van der Waals surface area contributed by atoms with Crippen LogP contribution >= 0.6 is 0 Å². The molecule has 1 aromatic heterocycles. The van der Waals surface area contributed by atoms with Gasteiger partial charge in [-0.2, -0.15) is 0 Å². The van der Waals surface area contributed by atoms with Gasteiger partial charge in [-0.25, -0.2) is 0 Å². The summed E-state index contributed by atoms with van der Waals surface area (Å²) >= 11 is 0. The van der Waals surface area contributed by atoms with Crippen molar-refractivity contribution in [3.8, 4) is 17.2 Å². The van der Waals surface area contributed by atoms with E-state index in [2.05, 4.69) is 35.7 Å². The molecule has 0 fully saturated rings. The Morgan fingerprint density at radius 2 is 2.00 bits per heavy atom. The first kappa shape index (κ1) is 22.4. The van der Waals surface area contributed by atoms with Gasteiger partial charge in [-0.3, -0.25) is 4.79 Å². The Labute approximate surface area is 183 Å². The number of hydrogen-bond acceptors (Lipinski definition) is 4. The number of allylic oxidation sites excluding steroid dienone is 6. The number of hydrogen-bond donors (Lipinski definition) is 3. The van der Waals surface area contributed by atoms with Gasteiger partial charge in [0.1, 0.15) is 0 Å². The van der Waals surface area contributed by atoms with Gasteiger partial charge < -0.3 is 24.8 Å². The number of aromatic nitrogens is 1. The zero-order valence-corrected chi connectivity index (χ0v) is 18.3. The maximum atomic E-state index is 12.7. The van der Waals surface area contributed by atoms with Crippen LogP contribution in [-0.4, -0.2) is 40.9 Å². The molecule has 164 valence electrons. The predicted molar refractivity (Wildman–Crippen MR) is 123 cm³/mol. The van der Waals surface area contributed by atoms with Crippen LogP contribution in [0.2, 0.25) is 0 Å². The quantitative estimate of drug-likeness (QED) is 0.557. The molecular weight excluding hydrogens is 392 g/mol. The van der Waals surface area contributed by atoms with Gasteiger partial charge in [0.15, 0.2) is 11.5 Å². The third-order valence-electron chi connectivity index (χ3n) is 5.26. The SMILES string of the molecule is COc1c(O)cc(C(=O)NCCCCO)cc1-n1c(C)cc(C)c1C1=CC=CCC=C1. The smallest absolute Gasteiger partial charge is 0.251 e. The van der Waals surface area contributed by atoms with Crippen LogP contribution in [0.4, 0.5) is 0 Å². The van der Waals surface area contributed by atoms with Crippen molar-refractivity contribution in [3.63, 3.8) is 0 Å². The number of unbranched alkanes of at least 4 members (excludes halogenated alkanes) is 1. The summed E-state index contributed by atoms with van der Waals surface area (Å²) in [5, 5.41) is 22.4. The average molecular weight is 423 g/mol. The molecule has 1 aliphatic carbocycles. The highest BCUT2D eigenvalue weighted by Gasteiger charge is 2.22. The highest BCUT2D eigenvalue weighted by molar-refractivity contribution is 5.96. The minimum absolute atomic E-state index is 0.0949. The van der Waals surface area contributed by atoms with Crippen LogP contribution in [0.3, 0.4) is 0 Å². The van der Waals surface area contributed by atoms with Crippen LogP contribution in [0.1, 0.15) is 46.6 Å². The van der Waals surface area contributed by atoms with E-state index >= 15 is 0 Å². The number of ether oxygens (including phenoxy) is 1. The maximum Gasteiger partial charge on any atom is 0.251 e. The number of aromatic hydroxyl groups is 1. The molecule has 6 nitrogen and oxygen atoms in total. The van der Waals surface area contributed by atoms with Gasteiger partial charge in [0.05, 0.1) is 18.5 Å². The second-order valence-corrected chi connectivity index (χ2v) is 7.58. The number of phenols is 1. The van der Waals surface area contributed by atoms with Crippen LogP contribution in [0.25, 0.3) is 11.3 Å². The number of rotatable bonds is 8. The van der Waals surface area contributed by atoms with E-state index in [9.17, 15) is 9.90 Å². The number of carbonyl (C=O) groups is 1. The minimum Gasteiger partial charge on any atom is -0.504 e. The maximum absolute atomic E-state index is 12.7. The number of benzene rings is 1. The third-order valence-corrected chi connectivity index (χ3v) is 5.26. The summed E-state index contributed by atoms with van der Waals surface area (Å²) in [7, 11) is 1.51. The zero-order chi connectivity index (χ0) is 22.4. The van der Waals surface area contributed by atoms with Gasteiger partial charge in [-0.05, 0) is 62.4 Å². The second-order valence-electron chi connectivity index (χ2n) is 7.58. The van der Waals surface area contributed by atoms with Crippen molar-refractivity contribution in [2.45, 2.75) is 33.1 Å². The Hall–Kier alpha value is -3.25. The molecule has 6 heteroatoms. The number of methoxy groups -OCH3 is 1. The van der Waals surface area contributed by atoms with Gasteiger partial charge in [-0.15, -0.1) is 0 Å². The molecule has 0 radical (unpaired) electrons. The molecule has 0 bridgehead atoms. The summed E-state index contributed by atoms with van der Waals surface area (Å²) in [4.78, 5) is 12.7. The van der Waals surface area contributed by atoms with Crippen molar-refractivity contribution in [3.05, 3.63) is 71.1 Å². The van der Waals surface area contributed by atoms with Crippen molar-refractivity contribution >= 4 is 11.5 Å². The Balaban J connectivity index is 2.10. The number of aliphatic hydroxyl groups excluding tert-OH is 1. The highest BCUT2D eigenvalue weighted by Crippen LogP contribution is 2.38. The van der Waals surface area contributed by atoms with E-state index in [1.165, 1.54) is 13.2 Å². The van der Waals surface area contributed by atoms with Crippen LogP contribution in [-0.2, 0) is 0 Å². The van der Waals surface area contributed by atoms with E-state index in [1.807, 2.05) is 24.5 Å². The molecule has 3 N–H and O–H groups in total. The minimum atomic E-state index is -0.281. The summed E-state index contributed by atoms with van der Waals surface area (Å²) in [6.45, 7) is 4.59. The Bertz CT molecular complexity index is 1040. The Morgan fingerprint density at radius 1 is 1.19 bits per heavy atom. The molecule has 0 spiro atoms. The highest BCUT2D eigenvalue weighted by atomic mass is 16.5.